The Morgan fingerprint density at radius 3 is 2.61 bits per heavy atom. The van der Waals surface area contributed by atoms with Gasteiger partial charge in [-0.3, -0.25) is 4.79 Å². The lowest BCUT2D eigenvalue weighted by molar-refractivity contribution is -0.121. The van der Waals surface area contributed by atoms with Crippen molar-refractivity contribution < 1.29 is 4.79 Å². The van der Waals surface area contributed by atoms with Crippen LogP contribution in [0.1, 0.15) is 44.2 Å². The number of nitrogens with one attached hydrogen (secondary N) is 2. The van der Waals surface area contributed by atoms with Gasteiger partial charge in [-0.1, -0.05) is 43.2 Å². The molecule has 1 aliphatic rings. The Labute approximate surface area is 109 Å². The Bertz CT molecular complexity index is 371. The van der Waals surface area contributed by atoms with Crippen molar-refractivity contribution in [3.05, 3.63) is 35.9 Å². The van der Waals surface area contributed by atoms with Crippen LogP contribution in [0.15, 0.2) is 30.3 Å². The van der Waals surface area contributed by atoms with Crippen LogP contribution in [0, 0.1) is 0 Å². The van der Waals surface area contributed by atoms with E-state index in [4.69, 9.17) is 0 Å². The van der Waals surface area contributed by atoms with Crippen LogP contribution >= 0.6 is 0 Å². The van der Waals surface area contributed by atoms with Gasteiger partial charge in [-0.15, -0.1) is 0 Å². The third-order valence-corrected chi connectivity index (χ3v) is 3.58. The van der Waals surface area contributed by atoms with Gasteiger partial charge >= 0.3 is 0 Å². The molecule has 0 aliphatic heterocycles. The summed E-state index contributed by atoms with van der Waals surface area (Å²) in [5.74, 6) is 0.0817. The SMILES string of the molecule is C[C@@H](NC(=O)CNC1CCCC1)c1ccccc1. The summed E-state index contributed by atoms with van der Waals surface area (Å²) in [6.07, 6.45) is 5.00. The molecule has 0 aromatic heterocycles. The molecule has 0 radical (unpaired) electrons. The molecule has 18 heavy (non-hydrogen) atoms. The molecular formula is C15H22N2O. The van der Waals surface area contributed by atoms with Gasteiger partial charge in [-0.2, -0.15) is 0 Å². The predicted octanol–water partition coefficient (Wildman–Crippen LogP) is 2.40. The van der Waals surface area contributed by atoms with E-state index in [1.807, 2.05) is 37.3 Å². The van der Waals surface area contributed by atoms with E-state index < -0.39 is 0 Å². The van der Waals surface area contributed by atoms with Crippen molar-refractivity contribution in [3.63, 3.8) is 0 Å². The summed E-state index contributed by atoms with van der Waals surface area (Å²) in [5, 5.41) is 6.34. The maximum atomic E-state index is 11.8. The fourth-order valence-corrected chi connectivity index (χ4v) is 2.48. The van der Waals surface area contributed by atoms with E-state index in [0.29, 0.717) is 12.6 Å². The molecule has 1 aromatic rings. The average Bonchev–Trinajstić information content (AvgIpc) is 2.90. The lowest BCUT2D eigenvalue weighted by Crippen LogP contribution is -2.39. The Kier molecular flexibility index (Phi) is 4.76. The second-order valence-electron chi connectivity index (χ2n) is 5.06. The van der Waals surface area contributed by atoms with Crippen LogP contribution in [-0.2, 0) is 4.79 Å². The van der Waals surface area contributed by atoms with Gasteiger partial charge in [0, 0.05) is 6.04 Å². The minimum absolute atomic E-state index is 0.0732. The molecule has 98 valence electrons. The van der Waals surface area contributed by atoms with Crippen molar-refractivity contribution in [1.82, 2.24) is 10.6 Å². The summed E-state index contributed by atoms with van der Waals surface area (Å²) in [7, 11) is 0. The van der Waals surface area contributed by atoms with E-state index in [1.165, 1.54) is 25.7 Å². The highest BCUT2D eigenvalue weighted by Gasteiger charge is 2.16. The van der Waals surface area contributed by atoms with Crippen LogP contribution in [-0.4, -0.2) is 18.5 Å². The quantitative estimate of drug-likeness (QED) is 0.837. The van der Waals surface area contributed by atoms with Crippen LogP contribution in [0.5, 0.6) is 0 Å². The molecular weight excluding hydrogens is 224 g/mol. The zero-order valence-corrected chi connectivity index (χ0v) is 11.0. The fraction of sp³-hybridized carbons (Fsp3) is 0.533. The molecule has 1 aromatic carbocycles. The second-order valence-corrected chi connectivity index (χ2v) is 5.06. The Hall–Kier alpha value is -1.35. The number of rotatable bonds is 5. The summed E-state index contributed by atoms with van der Waals surface area (Å²) >= 11 is 0. The first-order valence-corrected chi connectivity index (χ1v) is 6.83. The first-order chi connectivity index (χ1) is 8.75. The molecule has 3 heteroatoms. The van der Waals surface area contributed by atoms with Crippen LogP contribution in [0.25, 0.3) is 0 Å². The Morgan fingerprint density at radius 1 is 1.28 bits per heavy atom. The van der Waals surface area contributed by atoms with Gasteiger partial charge in [0.25, 0.3) is 0 Å². The van der Waals surface area contributed by atoms with E-state index in [9.17, 15) is 4.79 Å². The minimum Gasteiger partial charge on any atom is -0.348 e. The minimum atomic E-state index is 0.0732. The van der Waals surface area contributed by atoms with Gasteiger partial charge < -0.3 is 10.6 Å². The highest BCUT2D eigenvalue weighted by Crippen LogP contribution is 2.17. The molecule has 0 saturated heterocycles. The zero-order valence-electron chi connectivity index (χ0n) is 11.0. The Morgan fingerprint density at radius 2 is 1.94 bits per heavy atom. The van der Waals surface area contributed by atoms with Gasteiger partial charge in [-0.25, -0.2) is 0 Å². The molecule has 3 nitrogen and oxygen atoms in total. The van der Waals surface area contributed by atoms with E-state index >= 15 is 0 Å². The molecule has 0 bridgehead atoms. The maximum absolute atomic E-state index is 11.8. The molecule has 2 rings (SSSR count). The van der Waals surface area contributed by atoms with Crippen LogP contribution < -0.4 is 10.6 Å². The molecule has 1 saturated carbocycles. The molecule has 1 amide bonds. The summed E-state index contributed by atoms with van der Waals surface area (Å²) in [6, 6.07) is 10.7. The average molecular weight is 246 g/mol. The second kappa shape index (κ2) is 6.55. The topological polar surface area (TPSA) is 41.1 Å². The Balaban J connectivity index is 1.73. The third-order valence-electron chi connectivity index (χ3n) is 3.58. The fourth-order valence-electron chi connectivity index (χ4n) is 2.48. The first-order valence-electron chi connectivity index (χ1n) is 6.83. The van der Waals surface area contributed by atoms with Gasteiger partial charge in [0.2, 0.25) is 5.91 Å². The van der Waals surface area contributed by atoms with E-state index in [-0.39, 0.29) is 11.9 Å². The number of carbonyl (C=O) groups is 1. The lowest BCUT2D eigenvalue weighted by Gasteiger charge is -2.16. The lowest BCUT2D eigenvalue weighted by atomic mass is 10.1. The first kappa shape index (κ1) is 13.1. The zero-order chi connectivity index (χ0) is 12.8. The number of hydrogen-bond donors (Lipinski definition) is 2. The van der Waals surface area contributed by atoms with Gasteiger partial charge in [-0.05, 0) is 25.3 Å². The van der Waals surface area contributed by atoms with Crippen LogP contribution in [0.3, 0.4) is 0 Å². The van der Waals surface area contributed by atoms with Crippen molar-refractivity contribution >= 4 is 5.91 Å². The van der Waals surface area contributed by atoms with E-state index in [2.05, 4.69) is 10.6 Å². The summed E-state index contributed by atoms with van der Waals surface area (Å²) in [6.45, 7) is 2.45. The van der Waals surface area contributed by atoms with Crippen molar-refractivity contribution in [2.45, 2.75) is 44.7 Å². The monoisotopic (exact) mass is 246 g/mol. The molecule has 0 spiro atoms. The van der Waals surface area contributed by atoms with Crippen LogP contribution in [0.4, 0.5) is 0 Å². The predicted molar refractivity (Wildman–Crippen MR) is 73.3 cm³/mol. The summed E-state index contributed by atoms with van der Waals surface area (Å²) < 4.78 is 0. The van der Waals surface area contributed by atoms with E-state index in [0.717, 1.165) is 5.56 Å². The molecule has 0 heterocycles. The standard InChI is InChI=1S/C15H22N2O/c1-12(13-7-3-2-4-8-13)17-15(18)11-16-14-9-5-6-10-14/h2-4,7-8,12,14,16H,5-6,9-11H2,1H3,(H,17,18)/t12-/m1/s1. The van der Waals surface area contributed by atoms with Crippen molar-refractivity contribution in [3.8, 4) is 0 Å². The molecule has 2 N–H and O–H groups in total. The molecule has 1 aliphatic carbocycles. The number of hydrogen-bond acceptors (Lipinski definition) is 2. The van der Waals surface area contributed by atoms with Gasteiger partial charge in [0.15, 0.2) is 0 Å². The highest BCUT2D eigenvalue weighted by atomic mass is 16.1. The molecule has 0 unspecified atom stereocenters. The maximum Gasteiger partial charge on any atom is 0.234 e. The van der Waals surface area contributed by atoms with Crippen molar-refractivity contribution in [2.75, 3.05) is 6.54 Å². The third kappa shape index (κ3) is 3.84. The van der Waals surface area contributed by atoms with Gasteiger partial charge in [0.1, 0.15) is 0 Å². The van der Waals surface area contributed by atoms with Crippen molar-refractivity contribution in [2.24, 2.45) is 0 Å². The largest absolute Gasteiger partial charge is 0.348 e. The normalized spacial score (nSPS) is 17.6. The van der Waals surface area contributed by atoms with Crippen molar-refractivity contribution in [1.29, 1.82) is 0 Å². The molecule has 1 fully saturated rings. The van der Waals surface area contributed by atoms with Gasteiger partial charge in [0.05, 0.1) is 12.6 Å². The summed E-state index contributed by atoms with van der Waals surface area (Å²) in [5.41, 5.74) is 1.15. The highest BCUT2D eigenvalue weighted by molar-refractivity contribution is 5.78. The summed E-state index contributed by atoms with van der Waals surface area (Å²) in [4.78, 5) is 11.8. The molecule has 1 atom stereocenters. The van der Waals surface area contributed by atoms with E-state index in [1.54, 1.807) is 0 Å². The number of amides is 1. The van der Waals surface area contributed by atoms with Crippen LogP contribution in [0.2, 0.25) is 0 Å². The number of benzene rings is 1. The smallest absolute Gasteiger partial charge is 0.234 e. The number of carbonyl (C=O) groups excluding carboxylic acids is 1.